The van der Waals surface area contributed by atoms with E-state index < -0.39 is 9.84 Å². The Morgan fingerprint density at radius 1 is 0.964 bits per heavy atom. The molecule has 1 amide bonds. The van der Waals surface area contributed by atoms with Crippen LogP contribution >= 0.6 is 0 Å². The highest BCUT2D eigenvalue weighted by Gasteiger charge is 2.23. The number of benzene rings is 2. The maximum Gasteiger partial charge on any atom is 0.241 e. The van der Waals surface area contributed by atoms with Crippen LogP contribution in [0, 0.1) is 0 Å². The van der Waals surface area contributed by atoms with E-state index in [-0.39, 0.29) is 27.7 Å². The Morgan fingerprint density at radius 3 is 2.07 bits per heavy atom. The molecule has 0 aliphatic heterocycles. The standard InChI is InChI=1S/C22H30N2O3S/c1-6-24(7-2)21(25)16-23-19-10-8-9-11-20(19)28(26,27)18-14-12-17(13-15-18)22(3,4)5/h8-15,23H,6-7,16H2,1-5H3. The molecular weight excluding hydrogens is 372 g/mol. The molecule has 1 N–H and O–H groups in total. The van der Waals surface area contributed by atoms with Crippen LogP contribution in [0.15, 0.2) is 58.3 Å². The number of carbonyl (C=O) groups is 1. The van der Waals surface area contributed by atoms with Gasteiger partial charge in [0.15, 0.2) is 0 Å². The second-order valence-electron chi connectivity index (χ2n) is 7.69. The Kier molecular flexibility index (Phi) is 6.88. The van der Waals surface area contributed by atoms with Gasteiger partial charge in [-0.3, -0.25) is 4.79 Å². The number of hydrogen-bond donors (Lipinski definition) is 1. The van der Waals surface area contributed by atoms with Gasteiger partial charge in [-0.05, 0) is 49.1 Å². The van der Waals surface area contributed by atoms with E-state index in [0.717, 1.165) is 5.56 Å². The van der Waals surface area contributed by atoms with Gasteiger partial charge in [0.25, 0.3) is 0 Å². The van der Waals surface area contributed by atoms with Crippen molar-refractivity contribution in [1.29, 1.82) is 0 Å². The molecule has 6 heteroatoms. The predicted molar refractivity (Wildman–Crippen MR) is 113 cm³/mol. The van der Waals surface area contributed by atoms with Crippen LogP contribution in [0.4, 0.5) is 5.69 Å². The van der Waals surface area contributed by atoms with Crippen molar-refractivity contribution in [2.45, 2.75) is 49.8 Å². The monoisotopic (exact) mass is 402 g/mol. The molecule has 0 aliphatic carbocycles. The van der Waals surface area contributed by atoms with Gasteiger partial charge in [-0.1, -0.05) is 45.0 Å². The molecule has 5 nitrogen and oxygen atoms in total. The molecule has 2 rings (SSSR count). The number of hydrogen-bond acceptors (Lipinski definition) is 4. The largest absolute Gasteiger partial charge is 0.375 e. The summed E-state index contributed by atoms with van der Waals surface area (Å²) >= 11 is 0. The van der Waals surface area contributed by atoms with Gasteiger partial charge >= 0.3 is 0 Å². The number of likely N-dealkylation sites (N-methyl/N-ethyl adjacent to an activating group) is 1. The van der Waals surface area contributed by atoms with Gasteiger partial charge in [0.1, 0.15) is 0 Å². The highest BCUT2D eigenvalue weighted by Crippen LogP contribution is 2.29. The average molecular weight is 403 g/mol. The summed E-state index contributed by atoms with van der Waals surface area (Å²) in [4.78, 5) is 14.4. The van der Waals surface area contributed by atoms with Crippen molar-refractivity contribution in [2.75, 3.05) is 25.0 Å². The van der Waals surface area contributed by atoms with Gasteiger partial charge in [0.2, 0.25) is 15.7 Å². The number of carbonyl (C=O) groups excluding carboxylic acids is 1. The molecule has 0 saturated carbocycles. The van der Waals surface area contributed by atoms with Crippen molar-refractivity contribution in [3.05, 3.63) is 54.1 Å². The summed E-state index contributed by atoms with van der Waals surface area (Å²) in [5.41, 5.74) is 1.46. The Labute approximate surface area is 168 Å². The van der Waals surface area contributed by atoms with Crippen LogP contribution < -0.4 is 5.32 Å². The summed E-state index contributed by atoms with van der Waals surface area (Å²) in [6, 6.07) is 13.7. The third kappa shape index (κ3) is 4.93. The second-order valence-corrected chi connectivity index (χ2v) is 9.61. The van der Waals surface area contributed by atoms with E-state index in [0.29, 0.717) is 18.8 Å². The molecule has 2 aromatic carbocycles. The lowest BCUT2D eigenvalue weighted by Gasteiger charge is -2.20. The molecule has 0 heterocycles. The lowest BCUT2D eigenvalue weighted by atomic mass is 9.87. The third-order valence-electron chi connectivity index (χ3n) is 4.75. The third-order valence-corrected chi connectivity index (χ3v) is 6.58. The summed E-state index contributed by atoms with van der Waals surface area (Å²) in [5.74, 6) is -0.0632. The van der Waals surface area contributed by atoms with E-state index in [1.165, 1.54) is 0 Å². The normalized spacial score (nSPS) is 11.9. The van der Waals surface area contributed by atoms with E-state index in [1.807, 2.05) is 26.0 Å². The van der Waals surface area contributed by atoms with Crippen LogP contribution in [-0.2, 0) is 20.0 Å². The van der Waals surface area contributed by atoms with Crippen LogP contribution in [0.5, 0.6) is 0 Å². The predicted octanol–water partition coefficient (Wildman–Crippen LogP) is 4.10. The van der Waals surface area contributed by atoms with Crippen molar-refractivity contribution in [1.82, 2.24) is 4.90 Å². The first-order chi connectivity index (χ1) is 13.1. The van der Waals surface area contributed by atoms with Crippen molar-refractivity contribution >= 4 is 21.4 Å². The smallest absolute Gasteiger partial charge is 0.241 e. The SMILES string of the molecule is CCN(CC)C(=O)CNc1ccccc1S(=O)(=O)c1ccc(C(C)(C)C)cc1. The maximum atomic E-state index is 13.2. The van der Waals surface area contributed by atoms with E-state index in [1.54, 1.807) is 41.3 Å². The average Bonchev–Trinajstić information content (AvgIpc) is 2.67. The molecular formula is C22H30N2O3S. The van der Waals surface area contributed by atoms with Crippen LogP contribution in [-0.4, -0.2) is 38.9 Å². The Balaban J connectivity index is 2.31. The number of para-hydroxylation sites is 1. The van der Waals surface area contributed by atoms with Crippen LogP contribution in [0.2, 0.25) is 0 Å². The van der Waals surface area contributed by atoms with Gasteiger partial charge in [0.05, 0.1) is 22.0 Å². The number of nitrogens with zero attached hydrogens (tertiary/aromatic N) is 1. The van der Waals surface area contributed by atoms with Crippen LogP contribution in [0.1, 0.15) is 40.2 Å². The number of sulfone groups is 1. The fraction of sp³-hybridized carbons (Fsp3) is 0.409. The summed E-state index contributed by atoms with van der Waals surface area (Å²) < 4.78 is 26.3. The first-order valence-electron chi connectivity index (χ1n) is 9.57. The zero-order valence-corrected chi connectivity index (χ0v) is 18.1. The molecule has 0 aromatic heterocycles. The Morgan fingerprint density at radius 2 is 1.54 bits per heavy atom. The van der Waals surface area contributed by atoms with Crippen molar-refractivity contribution in [3.63, 3.8) is 0 Å². The minimum absolute atomic E-state index is 0.0491. The molecule has 2 aromatic rings. The lowest BCUT2D eigenvalue weighted by molar-refractivity contribution is -0.128. The highest BCUT2D eigenvalue weighted by atomic mass is 32.2. The molecule has 0 atom stereocenters. The molecule has 0 spiro atoms. The van der Waals surface area contributed by atoms with Crippen molar-refractivity contribution < 1.29 is 13.2 Å². The molecule has 0 aliphatic rings. The van der Waals surface area contributed by atoms with Crippen molar-refractivity contribution in [3.8, 4) is 0 Å². The molecule has 0 bridgehead atoms. The first kappa shape index (κ1) is 22.0. The van der Waals surface area contributed by atoms with Gasteiger partial charge in [-0.15, -0.1) is 0 Å². The molecule has 152 valence electrons. The number of rotatable bonds is 7. The number of nitrogens with one attached hydrogen (secondary N) is 1. The molecule has 0 unspecified atom stereocenters. The van der Waals surface area contributed by atoms with Crippen LogP contribution in [0.25, 0.3) is 0 Å². The maximum absolute atomic E-state index is 13.2. The Hall–Kier alpha value is -2.34. The number of anilines is 1. The van der Waals surface area contributed by atoms with Crippen LogP contribution in [0.3, 0.4) is 0 Å². The zero-order valence-electron chi connectivity index (χ0n) is 17.3. The summed E-state index contributed by atoms with van der Waals surface area (Å²) in [5, 5.41) is 3.00. The fourth-order valence-corrected chi connectivity index (χ4v) is 4.40. The molecule has 0 fully saturated rings. The van der Waals surface area contributed by atoms with Gasteiger partial charge in [-0.2, -0.15) is 0 Å². The molecule has 0 saturated heterocycles. The van der Waals surface area contributed by atoms with Gasteiger partial charge in [-0.25, -0.2) is 8.42 Å². The van der Waals surface area contributed by atoms with E-state index in [4.69, 9.17) is 0 Å². The van der Waals surface area contributed by atoms with Gasteiger partial charge in [0, 0.05) is 13.1 Å². The highest BCUT2D eigenvalue weighted by molar-refractivity contribution is 7.91. The summed E-state index contributed by atoms with van der Waals surface area (Å²) in [6.45, 7) is 11.4. The fourth-order valence-electron chi connectivity index (χ4n) is 2.97. The zero-order chi connectivity index (χ0) is 20.9. The topological polar surface area (TPSA) is 66.5 Å². The molecule has 28 heavy (non-hydrogen) atoms. The first-order valence-corrected chi connectivity index (χ1v) is 11.1. The minimum Gasteiger partial charge on any atom is -0.375 e. The number of amides is 1. The summed E-state index contributed by atoms with van der Waals surface area (Å²) in [6.07, 6.45) is 0. The Bertz CT molecular complexity index is 910. The van der Waals surface area contributed by atoms with Gasteiger partial charge < -0.3 is 10.2 Å². The van der Waals surface area contributed by atoms with Crippen molar-refractivity contribution in [2.24, 2.45) is 0 Å². The molecule has 0 radical (unpaired) electrons. The second kappa shape index (κ2) is 8.78. The summed E-state index contributed by atoms with van der Waals surface area (Å²) in [7, 11) is -3.70. The van der Waals surface area contributed by atoms with E-state index in [2.05, 4.69) is 26.1 Å². The quantitative estimate of drug-likeness (QED) is 0.757. The minimum atomic E-state index is -3.70. The lowest BCUT2D eigenvalue weighted by Crippen LogP contribution is -2.35. The van der Waals surface area contributed by atoms with E-state index >= 15 is 0 Å². The van der Waals surface area contributed by atoms with E-state index in [9.17, 15) is 13.2 Å².